The van der Waals surface area contributed by atoms with Gasteiger partial charge in [0.1, 0.15) is 10.7 Å². The average Bonchev–Trinajstić information content (AvgIpc) is 3.56. The Balaban J connectivity index is 1.29. The summed E-state index contributed by atoms with van der Waals surface area (Å²) < 4.78 is 5.48. The van der Waals surface area contributed by atoms with Crippen LogP contribution in [0.25, 0.3) is 33.1 Å². The first-order valence-electron chi connectivity index (χ1n) is 10.1. The van der Waals surface area contributed by atoms with Crippen LogP contribution in [0.5, 0.6) is 0 Å². The highest BCUT2D eigenvalue weighted by Gasteiger charge is 2.21. The van der Waals surface area contributed by atoms with E-state index in [0.717, 1.165) is 35.3 Å². The van der Waals surface area contributed by atoms with Crippen LogP contribution in [0.3, 0.4) is 0 Å². The number of nitrogens with zero attached hydrogens (tertiary/aromatic N) is 2. The number of hydrogen-bond donors (Lipinski definition) is 2. The minimum absolute atomic E-state index is 0.126. The average molecular weight is 429 g/mol. The third-order valence-corrected chi connectivity index (χ3v) is 6.00. The summed E-state index contributed by atoms with van der Waals surface area (Å²) in [4.78, 5) is 26.2. The molecule has 0 aliphatic rings. The Hall–Kier alpha value is -3.71. The van der Waals surface area contributed by atoms with Gasteiger partial charge in [-0.05, 0) is 30.7 Å². The standard InChI is InChI=1S/C24H20N4O2S/c29-23(25-14-6-13-20-26-17-10-4-5-11-18(17)27-20)22-21(16-8-2-1-3-9-16)28-24(31-22)19-12-7-15-30-19/h1-5,7-12,15H,6,13-14H2,(H,25,29)(H,26,27). The zero-order chi connectivity index (χ0) is 21.0. The van der Waals surface area contributed by atoms with Gasteiger partial charge in [0, 0.05) is 18.5 Å². The molecule has 0 unspecified atom stereocenters. The third kappa shape index (κ3) is 4.13. The monoisotopic (exact) mass is 428 g/mol. The summed E-state index contributed by atoms with van der Waals surface area (Å²) in [7, 11) is 0. The van der Waals surface area contributed by atoms with Gasteiger partial charge in [-0.2, -0.15) is 0 Å². The Morgan fingerprint density at radius 1 is 1.00 bits per heavy atom. The number of para-hydroxylation sites is 2. The Kier molecular flexibility index (Phi) is 5.33. The highest BCUT2D eigenvalue weighted by Crippen LogP contribution is 2.34. The summed E-state index contributed by atoms with van der Waals surface area (Å²) in [6.07, 6.45) is 3.16. The van der Waals surface area contributed by atoms with Crippen LogP contribution in [0, 0.1) is 0 Å². The number of H-pyrrole nitrogens is 1. The maximum absolute atomic E-state index is 13.0. The van der Waals surface area contributed by atoms with Crippen LogP contribution in [0.1, 0.15) is 21.9 Å². The van der Waals surface area contributed by atoms with E-state index in [1.165, 1.54) is 11.3 Å². The summed E-state index contributed by atoms with van der Waals surface area (Å²) in [5.41, 5.74) is 3.57. The number of fused-ring (bicyclic) bond motifs is 1. The predicted octanol–water partition coefficient (Wildman–Crippen LogP) is 5.31. The number of aromatic amines is 1. The minimum Gasteiger partial charge on any atom is -0.462 e. The normalized spacial score (nSPS) is 11.1. The molecule has 0 radical (unpaired) electrons. The van der Waals surface area contributed by atoms with E-state index in [4.69, 9.17) is 9.40 Å². The Labute approximate surface area is 183 Å². The van der Waals surface area contributed by atoms with E-state index in [-0.39, 0.29) is 5.91 Å². The van der Waals surface area contributed by atoms with Gasteiger partial charge in [0.05, 0.1) is 23.0 Å². The zero-order valence-corrected chi connectivity index (χ0v) is 17.5. The number of carbonyl (C=O) groups is 1. The fourth-order valence-corrected chi connectivity index (χ4v) is 4.41. The van der Waals surface area contributed by atoms with E-state index in [1.807, 2.05) is 66.7 Å². The highest BCUT2D eigenvalue weighted by atomic mass is 32.1. The fourth-order valence-electron chi connectivity index (χ4n) is 3.43. The third-order valence-electron chi connectivity index (χ3n) is 4.93. The SMILES string of the molecule is O=C(NCCCc1nc2ccccc2[nH]1)c1sc(-c2ccco2)nc1-c1ccccc1. The number of carbonyl (C=O) groups excluding carboxylic acids is 1. The van der Waals surface area contributed by atoms with Crippen molar-refractivity contribution >= 4 is 28.3 Å². The molecule has 3 heterocycles. The van der Waals surface area contributed by atoms with Crippen molar-refractivity contribution in [2.24, 2.45) is 0 Å². The lowest BCUT2D eigenvalue weighted by atomic mass is 10.1. The molecule has 5 rings (SSSR count). The molecule has 2 N–H and O–H groups in total. The number of aryl methyl sites for hydroxylation is 1. The van der Waals surface area contributed by atoms with Crippen molar-refractivity contribution in [3.8, 4) is 22.0 Å². The lowest BCUT2D eigenvalue weighted by molar-refractivity contribution is 0.0957. The van der Waals surface area contributed by atoms with Crippen molar-refractivity contribution in [3.05, 3.63) is 83.7 Å². The van der Waals surface area contributed by atoms with Crippen molar-refractivity contribution < 1.29 is 9.21 Å². The molecule has 0 spiro atoms. The van der Waals surface area contributed by atoms with Gasteiger partial charge >= 0.3 is 0 Å². The second-order valence-corrected chi connectivity index (χ2v) is 8.10. The molecular formula is C24H20N4O2S. The van der Waals surface area contributed by atoms with Crippen LogP contribution in [0.2, 0.25) is 0 Å². The number of imidazole rings is 1. The Morgan fingerprint density at radius 3 is 2.65 bits per heavy atom. The second-order valence-electron chi connectivity index (χ2n) is 7.10. The van der Waals surface area contributed by atoms with Crippen LogP contribution in [0.4, 0.5) is 0 Å². The van der Waals surface area contributed by atoms with Crippen LogP contribution < -0.4 is 5.32 Å². The molecule has 31 heavy (non-hydrogen) atoms. The molecule has 5 aromatic rings. The summed E-state index contributed by atoms with van der Waals surface area (Å²) in [6.45, 7) is 0.554. The molecule has 7 heteroatoms. The number of rotatable bonds is 7. The highest BCUT2D eigenvalue weighted by molar-refractivity contribution is 7.17. The van der Waals surface area contributed by atoms with Gasteiger partial charge in [0.25, 0.3) is 5.91 Å². The van der Waals surface area contributed by atoms with Crippen LogP contribution in [-0.2, 0) is 6.42 Å². The van der Waals surface area contributed by atoms with E-state index in [1.54, 1.807) is 6.26 Å². The number of furan rings is 1. The number of hydrogen-bond acceptors (Lipinski definition) is 5. The topological polar surface area (TPSA) is 83.8 Å². The van der Waals surface area contributed by atoms with Crippen molar-refractivity contribution in [3.63, 3.8) is 0 Å². The molecule has 154 valence electrons. The van der Waals surface area contributed by atoms with Crippen molar-refractivity contribution in [1.82, 2.24) is 20.3 Å². The van der Waals surface area contributed by atoms with E-state index in [0.29, 0.717) is 27.9 Å². The predicted molar refractivity (Wildman–Crippen MR) is 122 cm³/mol. The number of aromatic nitrogens is 3. The second kappa shape index (κ2) is 8.57. The molecule has 0 saturated heterocycles. The molecule has 0 aliphatic carbocycles. The van der Waals surface area contributed by atoms with E-state index < -0.39 is 0 Å². The summed E-state index contributed by atoms with van der Waals surface area (Å²) in [5, 5.41) is 3.72. The minimum atomic E-state index is -0.126. The fraction of sp³-hybridized carbons (Fsp3) is 0.125. The van der Waals surface area contributed by atoms with E-state index >= 15 is 0 Å². The maximum Gasteiger partial charge on any atom is 0.263 e. The zero-order valence-electron chi connectivity index (χ0n) is 16.7. The van der Waals surface area contributed by atoms with Gasteiger partial charge in [0.2, 0.25) is 0 Å². The van der Waals surface area contributed by atoms with Gasteiger partial charge < -0.3 is 14.7 Å². The van der Waals surface area contributed by atoms with Crippen LogP contribution >= 0.6 is 11.3 Å². The Bertz CT molecular complexity index is 1270. The van der Waals surface area contributed by atoms with E-state index in [2.05, 4.69) is 15.3 Å². The first-order valence-corrected chi connectivity index (χ1v) is 10.9. The quantitative estimate of drug-likeness (QED) is 0.344. The molecule has 3 aromatic heterocycles. The summed E-state index contributed by atoms with van der Waals surface area (Å²) >= 11 is 1.34. The molecule has 6 nitrogen and oxygen atoms in total. The number of benzene rings is 2. The summed E-state index contributed by atoms with van der Waals surface area (Å²) in [6, 6.07) is 21.4. The number of thiazole rings is 1. The van der Waals surface area contributed by atoms with Crippen molar-refractivity contribution in [2.45, 2.75) is 12.8 Å². The van der Waals surface area contributed by atoms with Gasteiger partial charge in [-0.25, -0.2) is 9.97 Å². The first-order chi connectivity index (χ1) is 15.3. The molecule has 2 aromatic carbocycles. The molecule has 0 saturated carbocycles. The Morgan fingerprint density at radius 2 is 1.84 bits per heavy atom. The first kappa shape index (κ1) is 19.3. The lowest BCUT2D eigenvalue weighted by Crippen LogP contribution is -2.24. The molecule has 0 aliphatic heterocycles. The van der Waals surface area contributed by atoms with Crippen molar-refractivity contribution in [1.29, 1.82) is 0 Å². The van der Waals surface area contributed by atoms with E-state index in [9.17, 15) is 4.79 Å². The molecular weight excluding hydrogens is 408 g/mol. The summed E-state index contributed by atoms with van der Waals surface area (Å²) in [5.74, 6) is 1.46. The van der Waals surface area contributed by atoms with Gasteiger partial charge in [-0.15, -0.1) is 11.3 Å². The number of amides is 1. The molecule has 0 bridgehead atoms. The molecule has 0 atom stereocenters. The molecule has 1 amide bonds. The van der Waals surface area contributed by atoms with Gasteiger partial charge in [-0.1, -0.05) is 42.5 Å². The number of nitrogens with one attached hydrogen (secondary N) is 2. The van der Waals surface area contributed by atoms with Crippen molar-refractivity contribution in [2.75, 3.05) is 6.54 Å². The van der Waals surface area contributed by atoms with Gasteiger partial charge in [-0.3, -0.25) is 4.79 Å². The molecule has 0 fully saturated rings. The largest absolute Gasteiger partial charge is 0.462 e. The smallest absolute Gasteiger partial charge is 0.263 e. The van der Waals surface area contributed by atoms with Crippen LogP contribution in [0.15, 0.2) is 77.4 Å². The van der Waals surface area contributed by atoms with Gasteiger partial charge in [0.15, 0.2) is 10.8 Å². The van der Waals surface area contributed by atoms with Crippen LogP contribution in [-0.4, -0.2) is 27.4 Å². The maximum atomic E-state index is 13.0. The lowest BCUT2D eigenvalue weighted by Gasteiger charge is -2.05.